The van der Waals surface area contributed by atoms with E-state index in [1.54, 1.807) is 13.2 Å². The molecule has 118 valence electrons. The lowest BCUT2D eigenvalue weighted by atomic mass is 10.0. The molecular weight excluding hydrogens is 268 g/mol. The Balaban J connectivity index is 2.32. The van der Waals surface area contributed by atoms with E-state index in [1.807, 2.05) is 18.2 Å². The molecule has 1 aromatic carbocycles. The number of rotatable bonds is 10. The number of amides is 1. The smallest absolute Gasteiger partial charge is 0.238 e. The topological polar surface area (TPSA) is 70.6 Å². The van der Waals surface area contributed by atoms with Crippen LogP contribution in [0.15, 0.2) is 24.3 Å². The molecule has 0 saturated carbocycles. The summed E-state index contributed by atoms with van der Waals surface area (Å²) < 4.78 is 5.11. The molecule has 1 aromatic rings. The molecule has 0 fully saturated rings. The second-order valence-corrected chi connectivity index (χ2v) is 5.08. The van der Waals surface area contributed by atoms with E-state index in [0.717, 1.165) is 31.5 Å². The second kappa shape index (κ2) is 10.2. The van der Waals surface area contributed by atoms with Crippen molar-refractivity contribution in [3.63, 3.8) is 0 Å². The minimum absolute atomic E-state index is 0.0810. The van der Waals surface area contributed by atoms with Crippen LogP contribution < -0.4 is 15.4 Å². The summed E-state index contributed by atoms with van der Waals surface area (Å²) in [5.41, 5.74) is 0.724. The molecule has 0 aliphatic heterocycles. The Morgan fingerprint density at radius 2 is 2.19 bits per heavy atom. The molecular formula is C16H26N2O3. The number of methoxy groups -OCH3 is 1. The normalized spacial score (nSPS) is 12.0. The number of aliphatic hydroxyl groups is 1. The highest BCUT2D eigenvalue weighted by Gasteiger charge is 2.08. The summed E-state index contributed by atoms with van der Waals surface area (Å²) in [7, 11) is 1.59. The monoisotopic (exact) mass is 294 g/mol. The van der Waals surface area contributed by atoms with Crippen molar-refractivity contribution in [1.82, 2.24) is 5.32 Å². The first-order valence-corrected chi connectivity index (χ1v) is 7.45. The van der Waals surface area contributed by atoms with Crippen LogP contribution in [-0.4, -0.2) is 37.8 Å². The van der Waals surface area contributed by atoms with Gasteiger partial charge in [-0.15, -0.1) is 0 Å². The molecule has 0 saturated heterocycles. The Morgan fingerprint density at radius 3 is 2.86 bits per heavy atom. The van der Waals surface area contributed by atoms with Crippen LogP contribution in [0.4, 0.5) is 5.69 Å². The van der Waals surface area contributed by atoms with Gasteiger partial charge in [0.05, 0.1) is 13.7 Å². The van der Waals surface area contributed by atoms with Gasteiger partial charge >= 0.3 is 0 Å². The summed E-state index contributed by atoms with van der Waals surface area (Å²) in [5.74, 6) is 1.05. The van der Waals surface area contributed by atoms with Crippen LogP contribution in [-0.2, 0) is 4.79 Å². The fourth-order valence-corrected chi connectivity index (χ4v) is 2.24. The Hall–Kier alpha value is -1.59. The molecule has 0 radical (unpaired) electrons. The zero-order valence-corrected chi connectivity index (χ0v) is 12.9. The van der Waals surface area contributed by atoms with Crippen molar-refractivity contribution in [1.29, 1.82) is 0 Å². The van der Waals surface area contributed by atoms with Crippen LogP contribution in [0.3, 0.4) is 0 Å². The maximum Gasteiger partial charge on any atom is 0.238 e. The van der Waals surface area contributed by atoms with E-state index in [9.17, 15) is 4.79 Å². The van der Waals surface area contributed by atoms with Crippen LogP contribution >= 0.6 is 0 Å². The Morgan fingerprint density at radius 1 is 1.38 bits per heavy atom. The summed E-state index contributed by atoms with van der Waals surface area (Å²) in [5, 5.41) is 15.0. The Bertz CT molecular complexity index is 418. The number of ether oxygens (including phenoxy) is 1. The molecule has 5 heteroatoms. The van der Waals surface area contributed by atoms with Gasteiger partial charge in [0.25, 0.3) is 0 Å². The van der Waals surface area contributed by atoms with Crippen LogP contribution in [0.2, 0.25) is 0 Å². The van der Waals surface area contributed by atoms with Crippen molar-refractivity contribution in [2.45, 2.75) is 26.2 Å². The lowest BCUT2D eigenvalue weighted by molar-refractivity contribution is -0.115. The average Bonchev–Trinajstić information content (AvgIpc) is 2.48. The molecule has 1 atom stereocenters. The van der Waals surface area contributed by atoms with E-state index in [4.69, 9.17) is 9.84 Å². The highest BCUT2D eigenvalue weighted by molar-refractivity contribution is 5.92. The third kappa shape index (κ3) is 7.11. The molecule has 0 aliphatic carbocycles. The van der Waals surface area contributed by atoms with Crippen molar-refractivity contribution >= 4 is 11.6 Å². The quantitative estimate of drug-likeness (QED) is 0.617. The van der Waals surface area contributed by atoms with Gasteiger partial charge in [0, 0.05) is 18.4 Å². The number of carbonyl (C=O) groups excluding carboxylic acids is 1. The largest absolute Gasteiger partial charge is 0.497 e. The summed E-state index contributed by atoms with van der Waals surface area (Å²) >= 11 is 0. The van der Waals surface area contributed by atoms with Crippen molar-refractivity contribution in [3.05, 3.63) is 24.3 Å². The molecule has 0 spiro atoms. The number of aliphatic hydroxyl groups excluding tert-OH is 1. The average molecular weight is 294 g/mol. The highest BCUT2D eigenvalue weighted by Crippen LogP contribution is 2.16. The predicted octanol–water partition coefficient (Wildman–Crippen LogP) is 2.02. The lowest BCUT2D eigenvalue weighted by Crippen LogP contribution is -2.32. The minimum atomic E-state index is -0.0810. The number of benzene rings is 1. The minimum Gasteiger partial charge on any atom is -0.497 e. The van der Waals surface area contributed by atoms with Gasteiger partial charge in [-0.3, -0.25) is 4.79 Å². The maximum absolute atomic E-state index is 11.8. The van der Waals surface area contributed by atoms with Crippen LogP contribution in [0.5, 0.6) is 5.75 Å². The summed E-state index contributed by atoms with van der Waals surface area (Å²) in [4.78, 5) is 11.8. The molecule has 1 rings (SSSR count). The van der Waals surface area contributed by atoms with E-state index in [0.29, 0.717) is 11.7 Å². The van der Waals surface area contributed by atoms with E-state index in [-0.39, 0.29) is 19.1 Å². The number of hydrogen-bond acceptors (Lipinski definition) is 4. The van der Waals surface area contributed by atoms with Gasteiger partial charge in [-0.1, -0.05) is 19.4 Å². The first-order valence-electron chi connectivity index (χ1n) is 7.45. The molecule has 1 amide bonds. The molecule has 1 unspecified atom stereocenters. The molecule has 5 nitrogen and oxygen atoms in total. The van der Waals surface area contributed by atoms with E-state index in [1.165, 1.54) is 0 Å². The first-order chi connectivity index (χ1) is 10.2. The fourth-order valence-electron chi connectivity index (χ4n) is 2.24. The third-order valence-corrected chi connectivity index (χ3v) is 3.31. The molecule has 0 aliphatic rings. The van der Waals surface area contributed by atoms with Crippen LogP contribution in [0.25, 0.3) is 0 Å². The Labute approximate surface area is 126 Å². The second-order valence-electron chi connectivity index (χ2n) is 5.08. The maximum atomic E-state index is 11.8. The van der Waals surface area contributed by atoms with Gasteiger partial charge in [0.1, 0.15) is 5.75 Å². The van der Waals surface area contributed by atoms with E-state index in [2.05, 4.69) is 17.6 Å². The van der Waals surface area contributed by atoms with Crippen molar-refractivity contribution in [2.24, 2.45) is 5.92 Å². The molecule has 0 bridgehead atoms. The van der Waals surface area contributed by atoms with Gasteiger partial charge in [-0.25, -0.2) is 0 Å². The fraction of sp³-hybridized carbons (Fsp3) is 0.562. The zero-order chi connectivity index (χ0) is 15.5. The van der Waals surface area contributed by atoms with Crippen LogP contribution in [0.1, 0.15) is 26.2 Å². The Kier molecular flexibility index (Phi) is 8.47. The van der Waals surface area contributed by atoms with Gasteiger partial charge < -0.3 is 20.5 Å². The molecule has 21 heavy (non-hydrogen) atoms. The van der Waals surface area contributed by atoms with Crippen molar-refractivity contribution < 1.29 is 14.6 Å². The van der Waals surface area contributed by atoms with Crippen molar-refractivity contribution in [3.8, 4) is 5.75 Å². The third-order valence-electron chi connectivity index (χ3n) is 3.31. The lowest BCUT2D eigenvalue weighted by Gasteiger charge is -2.15. The van der Waals surface area contributed by atoms with Gasteiger partial charge in [0.2, 0.25) is 5.91 Å². The number of carbonyl (C=O) groups is 1. The van der Waals surface area contributed by atoms with E-state index >= 15 is 0 Å². The summed E-state index contributed by atoms with van der Waals surface area (Å²) in [6, 6.07) is 7.27. The van der Waals surface area contributed by atoms with Crippen molar-refractivity contribution in [2.75, 3.05) is 32.1 Å². The molecule has 3 N–H and O–H groups in total. The molecule has 0 aromatic heterocycles. The highest BCUT2D eigenvalue weighted by atomic mass is 16.5. The zero-order valence-electron chi connectivity index (χ0n) is 12.9. The number of hydrogen-bond donors (Lipinski definition) is 3. The van der Waals surface area contributed by atoms with Gasteiger partial charge in [0.15, 0.2) is 0 Å². The SMILES string of the molecule is CCCC(CCO)CNCC(=O)Nc1cccc(OC)c1. The first kappa shape index (κ1) is 17.5. The summed E-state index contributed by atoms with van der Waals surface area (Å²) in [6.07, 6.45) is 2.92. The molecule has 0 heterocycles. The predicted molar refractivity (Wildman–Crippen MR) is 84.6 cm³/mol. The summed E-state index contributed by atoms with van der Waals surface area (Å²) in [6.45, 7) is 3.34. The van der Waals surface area contributed by atoms with Gasteiger partial charge in [-0.2, -0.15) is 0 Å². The van der Waals surface area contributed by atoms with Crippen LogP contribution in [0, 0.1) is 5.92 Å². The number of anilines is 1. The van der Waals surface area contributed by atoms with E-state index < -0.39 is 0 Å². The van der Waals surface area contributed by atoms with Gasteiger partial charge in [-0.05, 0) is 37.4 Å². The standard InChI is InChI=1S/C16H26N2O3/c1-3-5-13(8-9-19)11-17-12-16(20)18-14-6-4-7-15(10-14)21-2/h4,6-7,10,13,17,19H,3,5,8-9,11-12H2,1-2H3,(H,18,20). The number of nitrogens with one attached hydrogen (secondary N) is 2.